The van der Waals surface area contributed by atoms with E-state index in [1.54, 1.807) is 18.2 Å². The highest BCUT2D eigenvalue weighted by atomic mass is 32.2. The summed E-state index contributed by atoms with van der Waals surface area (Å²) in [6.45, 7) is 1.49. The van der Waals surface area contributed by atoms with Crippen LogP contribution < -0.4 is 0 Å². The summed E-state index contributed by atoms with van der Waals surface area (Å²) in [6, 6.07) is 6.50. The Morgan fingerprint density at radius 3 is 2.50 bits per heavy atom. The lowest BCUT2D eigenvalue weighted by molar-refractivity contribution is -0.0435. The van der Waals surface area contributed by atoms with Crippen LogP contribution in [0.2, 0.25) is 0 Å². The van der Waals surface area contributed by atoms with Gasteiger partial charge in [-0.25, -0.2) is 0 Å². The van der Waals surface area contributed by atoms with Gasteiger partial charge in [-0.2, -0.15) is 0 Å². The summed E-state index contributed by atoms with van der Waals surface area (Å²) < 4.78 is 48.5. The van der Waals surface area contributed by atoms with E-state index in [0.717, 1.165) is 0 Å². The minimum Gasteiger partial charge on any atom is -0.604 e. The van der Waals surface area contributed by atoms with Gasteiger partial charge in [0.15, 0.2) is 4.90 Å². The van der Waals surface area contributed by atoms with Gasteiger partial charge < -0.3 is 9.54 Å². The molecule has 1 atom stereocenters. The number of H-pyrrole nitrogens is 1. The van der Waals surface area contributed by atoms with Crippen LogP contribution in [0.4, 0.5) is 13.2 Å². The Bertz CT molecular complexity index is 520. The monoisotopic (exact) mass is 247 g/mol. The summed E-state index contributed by atoms with van der Waals surface area (Å²) in [6.07, 6.45) is 0. The van der Waals surface area contributed by atoms with E-state index in [2.05, 4.69) is 4.98 Å². The predicted octanol–water partition coefficient (Wildman–Crippen LogP) is 3.10. The van der Waals surface area contributed by atoms with Crippen molar-refractivity contribution in [3.05, 3.63) is 30.0 Å². The number of fused-ring (bicyclic) bond motifs is 1. The van der Waals surface area contributed by atoms with Crippen LogP contribution in [0.25, 0.3) is 10.9 Å². The Kier molecular flexibility index (Phi) is 2.63. The van der Waals surface area contributed by atoms with Gasteiger partial charge in [0.2, 0.25) is 0 Å². The molecule has 0 spiro atoms. The average Bonchev–Trinajstić information content (AvgIpc) is 2.51. The van der Waals surface area contributed by atoms with Crippen molar-refractivity contribution in [3.63, 3.8) is 0 Å². The molecule has 0 bridgehead atoms. The molecule has 1 unspecified atom stereocenters. The summed E-state index contributed by atoms with van der Waals surface area (Å²) >= 11 is -2.99. The van der Waals surface area contributed by atoms with Crippen molar-refractivity contribution < 1.29 is 17.7 Å². The molecule has 6 heteroatoms. The third-order valence-corrected chi connectivity index (χ3v) is 3.55. The molecule has 1 N–H and O–H groups in total. The van der Waals surface area contributed by atoms with Crippen LogP contribution in [0.15, 0.2) is 29.2 Å². The molecule has 2 rings (SSSR count). The van der Waals surface area contributed by atoms with Crippen molar-refractivity contribution in [1.82, 2.24) is 4.98 Å². The second kappa shape index (κ2) is 3.71. The van der Waals surface area contributed by atoms with Crippen LogP contribution in [-0.4, -0.2) is 15.0 Å². The standard InChI is InChI=1S/C10H8F3NOS/c1-6-9(16(15)10(11,12)13)7-4-2-3-5-8(7)14-6/h2-5,14H,1H3. The maximum absolute atomic E-state index is 12.4. The lowest BCUT2D eigenvalue weighted by atomic mass is 10.2. The zero-order chi connectivity index (χ0) is 11.9. The highest BCUT2D eigenvalue weighted by Gasteiger charge is 2.48. The van der Waals surface area contributed by atoms with Gasteiger partial charge in [0.25, 0.3) is 0 Å². The minimum absolute atomic E-state index is 0.178. The third-order valence-electron chi connectivity index (χ3n) is 2.23. The molecule has 0 radical (unpaired) electrons. The Morgan fingerprint density at radius 2 is 1.88 bits per heavy atom. The molecular formula is C10H8F3NOS. The summed E-state index contributed by atoms with van der Waals surface area (Å²) in [7, 11) is 0. The fraction of sp³-hybridized carbons (Fsp3) is 0.200. The fourth-order valence-electron chi connectivity index (χ4n) is 1.61. The topological polar surface area (TPSA) is 38.8 Å². The molecule has 0 aliphatic heterocycles. The number of nitrogens with one attached hydrogen (secondary N) is 1. The van der Waals surface area contributed by atoms with Gasteiger partial charge in [0, 0.05) is 0 Å². The van der Waals surface area contributed by atoms with Crippen LogP contribution in [-0.2, 0) is 11.2 Å². The van der Waals surface area contributed by atoms with Crippen molar-refractivity contribution in [2.24, 2.45) is 0 Å². The number of aromatic amines is 1. The summed E-state index contributed by atoms with van der Waals surface area (Å²) in [5.41, 5.74) is -3.88. The van der Waals surface area contributed by atoms with Gasteiger partial charge in [-0.1, -0.05) is 12.1 Å². The predicted molar refractivity (Wildman–Crippen MR) is 55.5 cm³/mol. The van der Waals surface area contributed by atoms with Crippen LogP contribution in [0.1, 0.15) is 5.69 Å². The molecule has 86 valence electrons. The molecule has 1 aromatic heterocycles. The number of alkyl halides is 3. The second-order valence-electron chi connectivity index (χ2n) is 3.34. The molecule has 1 aromatic carbocycles. The first-order valence-electron chi connectivity index (χ1n) is 4.47. The van der Waals surface area contributed by atoms with Crippen molar-refractivity contribution >= 4 is 22.1 Å². The molecule has 2 nitrogen and oxygen atoms in total. The normalized spacial score (nSPS) is 14.3. The molecular weight excluding hydrogens is 239 g/mol. The van der Waals surface area contributed by atoms with E-state index in [0.29, 0.717) is 10.9 Å². The molecule has 2 aromatic rings. The minimum atomic E-state index is -4.73. The molecule has 0 saturated carbocycles. The number of hydrogen-bond donors (Lipinski definition) is 1. The van der Waals surface area contributed by atoms with Gasteiger partial charge in [0.1, 0.15) is 11.2 Å². The summed E-state index contributed by atoms with van der Waals surface area (Å²) in [5.74, 6) is 0. The van der Waals surface area contributed by atoms with E-state index < -0.39 is 16.7 Å². The Hall–Kier alpha value is -1.14. The van der Waals surface area contributed by atoms with Crippen molar-refractivity contribution in [2.45, 2.75) is 17.3 Å². The highest BCUT2D eigenvalue weighted by molar-refractivity contribution is 7.92. The largest absolute Gasteiger partial charge is 0.604 e. The molecule has 0 saturated heterocycles. The number of para-hydroxylation sites is 1. The van der Waals surface area contributed by atoms with Crippen molar-refractivity contribution in [1.29, 1.82) is 0 Å². The van der Waals surface area contributed by atoms with Gasteiger partial charge in [0.05, 0.1) is 16.6 Å². The van der Waals surface area contributed by atoms with E-state index in [1.165, 1.54) is 13.0 Å². The summed E-state index contributed by atoms with van der Waals surface area (Å²) in [4.78, 5) is 2.61. The summed E-state index contributed by atoms with van der Waals surface area (Å²) in [5, 5.41) is 0.357. The first kappa shape index (κ1) is 11.3. The molecule has 0 amide bonds. The molecule has 1 heterocycles. The first-order valence-corrected chi connectivity index (χ1v) is 5.62. The molecule has 0 aliphatic rings. The highest BCUT2D eigenvalue weighted by Crippen LogP contribution is 2.36. The van der Waals surface area contributed by atoms with E-state index in [4.69, 9.17) is 0 Å². The Morgan fingerprint density at radius 1 is 1.25 bits per heavy atom. The second-order valence-corrected chi connectivity index (χ2v) is 4.75. The number of halogens is 3. The van der Waals surface area contributed by atoms with Crippen LogP contribution in [0, 0.1) is 6.92 Å². The number of rotatable bonds is 1. The van der Waals surface area contributed by atoms with Gasteiger partial charge in [-0.3, -0.25) is 0 Å². The lowest BCUT2D eigenvalue weighted by Crippen LogP contribution is -2.23. The molecule has 0 aliphatic carbocycles. The lowest BCUT2D eigenvalue weighted by Gasteiger charge is -2.11. The molecule has 0 fully saturated rings. The zero-order valence-electron chi connectivity index (χ0n) is 8.26. The average molecular weight is 247 g/mol. The van der Waals surface area contributed by atoms with E-state index >= 15 is 0 Å². The van der Waals surface area contributed by atoms with Crippen molar-refractivity contribution in [2.75, 3.05) is 0 Å². The van der Waals surface area contributed by atoms with Gasteiger partial charge in [-0.05, 0) is 19.1 Å². The number of hydrogen-bond acceptors (Lipinski definition) is 1. The Labute approximate surface area is 92.6 Å². The van der Waals surface area contributed by atoms with Crippen LogP contribution in [0.3, 0.4) is 0 Å². The molecule has 16 heavy (non-hydrogen) atoms. The smallest absolute Gasteiger partial charge is 0.578 e. The fourth-order valence-corrected chi connectivity index (χ4v) is 2.54. The Balaban J connectivity index is 2.64. The number of aryl methyl sites for hydroxylation is 1. The van der Waals surface area contributed by atoms with Gasteiger partial charge in [-0.15, -0.1) is 13.2 Å². The SMILES string of the molecule is Cc1[nH]c2ccccc2c1[S+]([O-])C(F)(F)F. The van der Waals surface area contributed by atoms with Crippen molar-refractivity contribution in [3.8, 4) is 0 Å². The maximum atomic E-state index is 12.4. The first-order chi connectivity index (χ1) is 7.41. The van der Waals surface area contributed by atoms with Crippen LogP contribution in [0.5, 0.6) is 0 Å². The van der Waals surface area contributed by atoms with Crippen LogP contribution >= 0.6 is 0 Å². The van der Waals surface area contributed by atoms with Gasteiger partial charge >= 0.3 is 5.51 Å². The van der Waals surface area contributed by atoms with E-state index in [-0.39, 0.29) is 10.6 Å². The van der Waals surface area contributed by atoms with E-state index in [9.17, 15) is 17.7 Å². The number of benzene rings is 1. The van der Waals surface area contributed by atoms with E-state index in [1.807, 2.05) is 0 Å². The third kappa shape index (κ3) is 1.78. The number of aromatic nitrogens is 1. The quantitative estimate of drug-likeness (QED) is 0.773. The zero-order valence-corrected chi connectivity index (χ0v) is 9.08. The maximum Gasteiger partial charge on any atom is 0.578 e.